The Labute approximate surface area is 176 Å². The molecule has 0 spiro atoms. The minimum atomic E-state index is -0.848. The average Bonchev–Trinajstić information content (AvgIpc) is 2.75. The van der Waals surface area contributed by atoms with Crippen molar-refractivity contribution in [1.29, 1.82) is 0 Å². The molecule has 0 aliphatic heterocycles. The first kappa shape index (κ1) is 22.9. The molecular formula is C23H27NO6. The molecule has 2 rings (SSSR count). The summed E-state index contributed by atoms with van der Waals surface area (Å²) in [6, 6.07) is 13.1. The lowest BCUT2D eigenvalue weighted by Gasteiger charge is -2.20. The molecule has 0 aromatic heterocycles. The summed E-state index contributed by atoms with van der Waals surface area (Å²) in [4.78, 5) is 37.2. The van der Waals surface area contributed by atoms with Gasteiger partial charge in [0.15, 0.2) is 23.9 Å². The van der Waals surface area contributed by atoms with Crippen LogP contribution in [-0.2, 0) is 20.7 Å². The third kappa shape index (κ3) is 6.34. The Morgan fingerprint density at radius 2 is 1.60 bits per heavy atom. The average molecular weight is 413 g/mol. The van der Waals surface area contributed by atoms with E-state index in [2.05, 4.69) is 5.32 Å². The summed E-state index contributed by atoms with van der Waals surface area (Å²) < 4.78 is 15.5. The highest BCUT2D eigenvalue weighted by molar-refractivity contribution is 5.99. The van der Waals surface area contributed by atoms with Gasteiger partial charge in [-0.25, -0.2) is 4.79 Å². The van der Waals surface area contributed by atoms with Crippen LogP contribution in [0.2, 0.25) is 0 Å². The van der Waals surface area contributed by atoms with E-state index in [-0.39, 0.29) is 24.0 Å². The standard InChI is InChI=1S/C23H27NO6/c1-15(2)22(24-21(26)12-16-8-6-5-7-9-16)23(27)30-14-18(25)17-10-11-19(28-3)20(13-17)29-4/h5-11,13,15,22H,12,14H2,1-4H3,(H,24,26)/t22-/m0/s1. The molecule has 1 N–H and O–H groups in total. The van der Waals surface area contributed by atoms with Crippen molar-refractivity contribution in [3.05, 3.63) is 59.7 Å². The van der Waals surface area contributed by atoms with E-state index in [1.165, 1.54) is 20.3 Å². The molecule has 7 heteroatoms. The highest BCUT2D eigenvalue weighted by Gasteiger charge is 2.26. The summed E-state index contributed by atoms with van der Waals surface area (Å²) in [6.07, 6.45) is 0.155. The Bertz CT molecular complexity index is 879. The van der Waals surface area contributed by atoms with Gasteiger partial charge in [-0.3, -0.25) is 9.59 Å². The molecule has 2 aromatic rings. The molecule has 160 valence electrons. The molecule has 30 heavy (non-hydrogen) atoms. The minimum Gasteiger partial charge on any atom is -0.493 e. The zero-order valence-corrected chi connectivity index (χ0v) is 17.6. The summed E-state index contributed by atoms with van der Waals surface area (Å²) in [5, 5.41) is 2.70. The monoisotopic (exact) mass is 413 g/mol. The number of hydrogen-bond donors (Lipinski definition) is 1. The summed E-state index contributed by atoms with van der Waals surface area (Å²) in [5.74, 6) is -0.630. The maximum atomic E-state index is 12.5. The number of rotatable bonds is 10. The van der Waals surface area contributed by atoms with Crippen LogP contribution in [0.5, 0.6) is 11.5 Å². The lowest BCUT2D eigenvalue weighted by atomic mass is 10.0. The van der Waals surface area contributed by atoms with Gasteiger partial charge in [0.2, 0.25) is 5.91 Å². The Kier molecular flexibility index (Phi) is 8.41. The van der Waals surface area contributed by atoms with Crippen molar-refractivity contribution in [2.45, 2.75) is 26.3 Å². The van der Waals surface area contributed by atoms with Crippen LogP contribution in [0.25, 0.3) is 0 Å². The normalized spacial score (nSPS) is 11.5. The first-order chi connectivity index (χ1) is 14.3. The Morgan fingerprint density at radius 3 is 2.20 bits per heavy atom. The summed E-state index contributed by atoms with van der Waals surface area (Å²) >= 11 is 0. The van der Waals surface area contributed by atoms with Gasteiger partial charge < -0.3 is 19.5 Å². The number of carbonyl (C=O) groups excluding carboxylic acids is 3. The summed E-state index contributed by atoms with van der Waals surface area (Å²) in [7, 11) is 2.97. The van der Waals surface area contributed by atoms with Gasteiger partial charge in [0.05, 0.1) is 20.6 Å². The number of amides is 1. The number of esters is 1. The fourth-order valence-corrected chi connectivity index (χ4v) is 2.82. The lowest BCUT2D eigenvalue weighted by molar-refractivity contribution is -0.148. The number of methoxy groups -OCH3 is 2. The van der Waals surface area contributed by atoms with Crippen LogP contribution < -0.4 is 14.8 Å². The van der Waals surface area contributed by atoms with Gasteiger partial charge in [0.1, 0.15) is 6.04 Å². The predicted molar refractivity (Wildman–Crippen MR) is 112 cm³/mol. The number of ether oxygens (including phenoxy) is 3. The van der Waals surface area contributed by atoms with Crippen LogP contribution in [0.1, 0.15) is 29.8 Å². The first-order valence-electron chi connectivity index (χ1n) is 9.60. The van der Waals surface area contributed by atoms with Gasteiger partial charge in [-0.1, -0.05) is 44.2 Å². The Balaban J connectivity index is 1.96. The molecule has 2 aromatic carbocycles. The number of nitrogens with one attached hydrogen (secondary N) is 1. The summed E-state index contributed by atoms with van der Waals surface area (Å²) in [6.45, 7) is 3.15. The molecule has 0 aliphatic rings. The van der Waals surface area contributed by atoms with Crippen molar-refractivity contribution >= 4 is 17.7 Å². The second-order valence-corrected chi connectivity index (χ2v) is 7.05. The number of carbonyl (C=O) groups is 3. The van der Waals surface area contributed by atoms with Crippen molar-refractivity contribution in [3.63, 3.8) is 0 Å². The SMILES string of the molecule is COc1ccc(C(=O)COC(=O)[C@@H](NC(=O)Cc2ccccc2)C(C)C)cc1OC. The molecule has 0 radical (unpaired) electrons. The zero-order chi connectivity index (χ0) is 22.1. The van der Waals surface area contributed by atoms with E-state index in [1.54, 1.807) is 26.0 Å². The van der Waals surface area contributed by atoms with Crippen molar-refractivity contribution in [3.8, 4) is 11.5 Å². The van der Waals surface area contributed by atoms with Crippen molar-refractivity contribution in [2.75, 3.05) is 20.8 Å². The number of Topliss-reactive ketones (excluding diaryl/α,β-unsaturated/α-hetero) is 1. The molecule has 1 amide bonds. The number of ketones is 1. The third-order valence-electron chi connectivity index (χ3n) is 4.50. The molecule has 1 atom stereocenters. The Hall–Kier alpha value is -3.35. The second-order valence-electron chi connectivity index (χ2n) is 7.05. The third-order valence-corrected chi connectivity index (χ3v) is 4.50. The van der Waals surface area contributed by atoms with E-state index in [0.717, 1.165) is 5.56 Å². The smallest absolute Gasteiger partial charge is 0.329 e. The molecule has 0 fully saturated rings. The van der Waals surface area contributed by atoms with Crippen molar-refractivity contribution < 1.29 is 28.6 Å². The molecule has 0 saturated heterocycles. The fourth-order valence-electron chi connectivity index (χ4n) is 2.82. The summed E-state index contributed by atoms with van der Waals surface area (Å²) in [5.41, 5.74) is 1.17. The maximum absolute atomic E-state index is 12.5. The molecule has 0 saturated carbocycles. The van der Waals surface area contributed by atoms with Gasteiger partial charge in [-0.2, -0.15) is 0 Å². The van der Waals surface area contributed by atoms with Crippen molar-refractivity contribution in [2.24, 2.45) is 5.92 Å². The largest absolute Gasteiger partial charge is 0.493 e. The predicted octanol–water partition coefficient (Wildman–Crippen LogP) is 2.81. The molecule has 0 unspecified atom stereocenters. The fraction of sp³-hybridized carbons (Fsp3) is 0.348. The molecule has 0 bridgehead atoms. The zero-order valence-electron chi connectivity index (χ0n) is 17.6. The van der Waals surface area contributed by atoms with E-state index in [0.29, 0.717) is 17.1 Å². The molecular weight excluding hydrogens is 386 g/mol. The van der Waals surface area contributed by atoms with E-state index < -0.39 is 18.6 Å². The molecule has 7 nitrogen and oxygen atoms in total. The van der Waals surface area contributed by atoms with E-state index in [4.69, 9.17) is 14.2 Å². The van der Waals surface area contributed by atoms with Crippen LogP contribution in [0.4, 0.5) is 0 Å². The lowest BCUT2D eigenvalue weighted by Crippen LogP contribution is -2.46. The van der Waals surface area contributed by atoms with E-state index >= 15 is 0 Å². The van der Waals surface area contributed by atoms with Gasteiger partial charge in [-0.05, 0) is 29.7 Å². The van der Waals surface area contributed by atoms with Crippen LogP contribution in [0.3, 0.4) is 0 Å². The minimum absolute atomic E-state index is 0.155. The van der Waals surface area contributed by atoms with Crippen LogP contribution in [0, 0.1) is 5.92 Å². The van der Waals surface area contributed by atoms with Crippen LogP contribution in [0.15, 0.2) is 48.5 Å². The van der Waals surface area contributed by atoms with Crippen LogP contribution >= 0.6 is 0 Å². The molecule has 0 heterocycles. The van der Waals surface area contributed by atoms with Gasteiger partial charge >= 0.3 is 5.97 Å². The number of hydrogen-bond acceptors (Lipinski definition) is 6. The maximum Gasteiger partial charge on any atom is 0.329 e. The van der Waals surface area contributed by atoms with E-state index in [9.17, 15) is 14.4 Å². The van der Waals surface area contributed by atoms with E-state index in [1.807, 2.05) is 30.3 Å². The van der Waals surface area contributed by atoms with Gasteiger partial charge in [-0.15, -0.1) is 0 Å². The van der Waals surface area contributed by atoms with Gasteiger partial charge in [0, 0.05) is 5.56 Å². The topological polar surface area (TPSA) is 90.9 Å². The van der Waals surface area contributed by atoms with Crippen LogP contribution in [-0.4, -0.2) is 44.5 Å². The second kappa shape index (κ2) is 11.0. The van der Waals surface area contributed by atoms with Gasteiger partial charge in [0.25, 0.3) is 0 Å². The quantitative estimate of drug-likeness (QED) is 0.476. The highest BCUT2D eigenvalue weighted by Crippen LogP contribution is 2.27. The number of benzene rings is 2. The molecule has 0 aliphatic carbocycles. The highest BCUT2D eigenvalue weighted by atomic mass is 16.5. The van der Waals surface area contributed by atoms with Crippen molar-refractivity contribution in [1.82, 2.24) is 5.32 Å². The first-order valence-corrected chi connectivity index (χ1v) is 9.60. The Morgan fingerprint density at radius 1 is 0.933 bits per heavy atom.